The van der Waals surface area contributed by atoms with Gasteiger partial charge in [0.2, 0.25) is 0 Å². The average molecular weight is 341 g/mol. The van der Waals surface area contributed by atoms with Gasteiger partial charge in [-0.15, -0.1) is 0 Å². The van der Waals surface area contributed by atoms with Crippen molar-refractivity contribution in [1.29, 1.82) is 5.26 Å². The van der Waals surface area contributed by atoms with Crippen LogP contribution in [0, 0.1) is 18.3 Å². The van der Waals surface area contributed by atoms with Crippen LogP contribution in [0.2, 0.25) is 0 Å². The number of hydrogen-bond donors (Lipinski definition) is 1. The summed E-state index contributed by atoms with van der Waals surface area (Å²) in [6.07, 6.45) is 2.92. The van der Waals surface area contributed by atoms with E-state index < -0.39 is 0 Å². The highest BCUT2D eigenvalue weighted by molar-refractivity contribution is 7.98. The molecule has 0 amide bonds. The molecule has 1 aromatic heterocycles. The van der Waals surface area contributed by atoms with E-state index in [0.717, 1.165) is 25.1 Å². The minimum Gasteiger partial charge on any atom is -0.369 e. The van der Waals surface area contributed by atoms with Gasteiger partial charge in [0.15, 0.2) is 5.16 Å². The van der Waals surface area contributed by atoms with Crippen LogP contribution < -0.4 is 5.32 Å². The number of benzene rings is 1. The molecule has 0 aliphatic heterocycles. The van der Waals surface area contributed by atoms with E-state index >= 15 is 0 Å². The van der Waals surface area contributed by atoms with E-state index in [0.29, 0.717) is 22.2 Å². The summed E-state index contributed by atoms with van der Waals surface area (Å²) in [6.45, 7) is 3.80. The zero-order chi connectivity index (χ0) is 17.5. The third-order valence-electron chi connectivity index (χ3n) is 3.58. The van der Waals surface area contributed by atoms with E-state index in [1.165, 1.54) is 17.3 Å². The lowest BCUT2D eigenvalue weighted by molar-refractivity contribution is 0.405. The third-order valence-corrected chi connectivity index (χ3v) is 4.13. The first-order valence-electron chi connectivity index (χ1n) is 7.87. The maximum absolute atomic E-state index is 9.64. The van der Waals surface area contributed by atoms with Crippen LogP contribution in [0.25, 0.3) is 11.3 Å². The molecule has 6 heteroatoms. The molecule has 2 rings (SSSR count). The van der Waals surface area contributed by atoms with Crippen molar-refractivity contribution in [3.63, 3.8) is 0 Å². The van der Waals surface area contributed by atoms with Gasteiger partial charge >= 0.3 is 0 Å². The molecule has 0 atom stereocenters. The maximum atomic E-state index is 9.64. The normalized spacial score (nSPS) is 10.7. The van der Waals surface area contributed by atoms with E-state index in [1.54, 1.807) is 0 Å². The van der Waals surface area contributed by atoms with Crippen LogP contribution in [0.3, 0.4) is 0 Å². The van der Waals surface area contributed by atoms with Crippen LogP contribution in [0.1, 0.15) is 17.5 Å². The number of rotatable bonds is 7. The van der Waals surface area contributed by atoms with Crippen molar-refractivity contribution in [2.24, 2.45) is 0 Å². The lowest BCUT2D eigenvalue weighted by atomic mass is 10.1. The Hall–Kier alpha value is -2.10. The van der Waals surface area contributed by atoms with Gasteiger partial charge in [-0.05, 0) is 40.2 Å². The van der Waals surface area contributed by atoms with E-state index in [4.69, 9.17) is 0 Å². The van der Waals surface area contributed by atoms with Gasteiger partial charge in [0.05, 0.1) is 5.69 Å². The standard InChI is InChI=1S/C18H23N5S/c1-13-6-8-14(9-7-13)16-15(12-19)17(22-18(21-16)24-4)20-10-5-11-23(2)3/h6-9H,5,10-11H2,1-4H3,(H,20,21,22). The summed E-state index contributed by atoms with van der Waals surface area (Å²) in [4.78, 5) is 11.2. The van der Waals surface area contributed by atoms with Crippen molar-refractivity contribution in [3.8, 4) is 17.3 Å². The summed E-state index contributed by atoms with van der Waals surface area (Å²) < 4.78 is 0. The molecule has 0 bridgehead atoms. The second kappa shape index (κ2) is 8.67. The molecule has 5 nitrogen and oxygen atoms in total. The summed E-state index contributed by atoms with van der Waals surface area (Å²) in [5.74, 6) is 0.617. The fourth-order valence-electron chi connectivity index (χ4n) is 2.29. The fraction of sp³-hybridized carbons (Fsp3) is 0.389. The van der Waals surface area contributed by atoms with Gasteiger partial charge < -0.3 is 10.2 Å². The van der Waals surface area contributed by atoms with Crippen LogP contribution in [0.4, 0.5) is 5.82 Å². The SMILES string of the molecule is CSc1nc(NCCCN(C)C)c(C#N)c(-c2ccc(C)cc2)n1. The van der Waals surface area contributed by atoms with Gasteiger partial charge in [0.25, 0.3) is 0 Å². The highest BCUT2D eigenvalue weighted by Crippen LogP contribution is 2.28. The number of nitrogens with zero attached hydrogens (tertiary/aromatic N) is 4. The molecule has 0 fully saturated rings. The van der Waals surface area contributed by atoms with Crippen LogP contribution in [-0.4, -0.2) is 48.3 Å². The first-order chi connectivity index (χ1) is 11.5. The molecule has 1 aromatic carbocycles. The number of nitrogens with one attached hydrogen (secondary N) is 1. The Morgan fingerprint density at radius 2 is 1.92 bits per heavy atom. The van der Waals surface area contributed by atoms with Crippen molar-refractivity contribution in [2.75, 3.05) is 38.8 Å². The number of aryl methyl sites for hydroxylation is 1. The summed E-state index contributed by atoms with van der Waals surface area (Å²) in [5, 5.41) is 13.6. The molecule has 0 spiro atoms. The third kappa shape index (κ3) is 4.70. The average Bonchev–Trinajstić information content (AvgIpc) is 2.58. The molecule has 0 saturated carbocycles. The van der Waals surface area contributed by atoms with Gasteiger partial charge in [0, 0.05) is 12.1 Å². The molecule has 0 radical (unpaired) electrons. The second-order valence-corrected chi connectivity index (χ2v) is 6.62. The lowest BCUT2D eigenvalue weighted by Crippen LogP contribution is -2.17. The lowest BCUT2D eigenvalue weighted by Gasteiger charge is -2.13. The Morgan fingerprint density at radius 3 is 2.50 bits per heavy atom. The zero-order valence-corrected chi connectivity index (χ0v) is 15.4. The number of aromatic nitrogens is 2. The smallest absolute Gasteiger partial charge is 0.189 e. The van der Waals surface area contributed by atoms with Crippen LogP contribution in [-0.2, 0) is 0 Å². The first kappa shape index (κ1) is 18.2. The molecule has 1 heterocycles. The number of thioether (sulfide) groups is 1. The Bertz CT molecular complexity index is 719. The zero-order valence-electron chi connectivity index (χ0n) is 14.6. The second-order valence-electron chi connectivity index (χ2n) is 5.84. The molecule has 126 valence electrons. The molecule has 0 aliphatic rings. The van der Waals surface area contributed by atoms with Crippen LogP contribution in [0.5, 0.6) is 0 Å². The van der Waals surface area contributed by atoms with E-state index in [9.17, 15) is 5.26 Å². The van der Waals surface area contributed by atoms with Crippen LogP contribution >= 0.6 is 11.8 Å². The molecular formula is C18H23N5S. The minimum absolute atomic E-state index is 0.501. The Morgan fingerprint density at radius 1 is 1.21 bits per heavy atom. The Kier molecular flexibility index (Phi) is 6.59. The van der Waals surface area contributed by atoms with Crippen molar-refractivity contribution in [3.05, 3.63) is 35.4 Å². The highest BCUT2D eigenvalue weighted by Gasteiger charge is 2.15. The summed E-state index contributed by atoms with van der Waals surface area (Å²) in [7, 11) is 4.10. The quantitative estimate of drug-likeness (QED) is 0.473. The van der Waals surface area contributed by atoms with Crippen molar-refractivity contribution < 1.29 is 0 Å². The Balaban J connectivity index is 2.34. The number of hydrogen-bond acceptors (Lipinski definition) is 6. The summed E-state index contributed by atoms with van der Waals surface area (Å²) in [5.41, 5.74) is 3.30. The predicted molar refractivity (Wildman–Crippen MR) is 100 cm³/mol. The molecule has 0 unspecified atom stereocenters. The number of anilines is 1. The topological polar surface area (TPSA) is 64.8 Å². The molecule has 0 saturated heterocycles. The molecule has 1 N–H and O–H groups in total. The van der Waals surface area contributed by atoms with Gasteiger partial charge in [-0.3, -0.25) is 0 Å². The van der Waals surface area contributed by atoms with Gasteiger partial charge in [-0.2, -0.15) is 5.26 Å². The van der Waals surface area contributed by atoms with Crippen molar-refractivity contribution in [2.45, 2.75) is 18.5 Å². The molecular weight excluding hydrogens is 318 g/mol. The predicted octanol–water partition coefficient (Wildman–Crippen LogP) is 3.41. The fourth-order valence-corrected chi connectivity index (χ4v) is 2.65. The highest BCUT2D eigenvalue weighted by atomic mass is 32.2. The largest absolute Gasteiger partial charge is 0.369 e. The van der Waals surface area contributed by atoms with Crippen molar-refractivity contribution in [1.82, 2.24) is 14.9 Å². The van der Waals surface area contributed by atoms with E-state index in [2.05, 4.69) is 26.3 Å². The van der Waals surface area contributed by atoms with E-state index in [1.807, 2.05) is 51.5 Å². The number of nitriles is 1. The molecule has 2 aromatic rings. The van der Waals surface area contributed by atoms with Gasteiger partial charge in [0.1, 0.15) is 17.5 Å². The van der Waals surface area contributed by atoms with Gasteiger partial charge in [-0.25, -0.2) is 9.97 Å². The van der Waals surface area contributed by atoms with E-state index in [-0.39, 0.29) is 0 Å². The first-order valence-corrected chi connectivity index (χ1v) is 9.09. The summed E-state index contributed by atoms with van der Waals surface area (Å²) >= 11 is 1.48. The van der Waals surface area contributed by atoms with Gasteiger partial charge in [-0.1, -0.05) is 41.6 Å². The monoisotopic (exact) mass is 341 g/mol. The molecule has 0 aliphatic carbocycles. The van der Waals surface area contributed by atoms with Crippen LogP contribution in [0.15, 0.2) is 29.4 Å². The minimum atomic E-state index is 0.501. The van der Waals surface area contributed by atoms with Crippen molar-refractivity contribution >= 4 is 17.6 Å². The maximum Gasteiger partial charge on any atom is 0.189 e. The molecule has 24 heavy (non-hydrogen) atoms. The Labute approximate surface area is 148 Å². The summed E-state index contributed by atoms with van der Waals surface area (Å²) in [6, 6.07) is 10.3.